The first-order valence-electron chi connectivity index (χ1n) is 10.8. The van der Waals surface area contributed by atoms with Crippen LogP contribution in [0.15, 0.2) is 54.6 Å². The molecule has 148 valence electrons. The molecule has 5 atom stereocenters. The number of hydrogen-bond acceptors (Lipinski definition) is 3. The van der Waals surface area contributed by atoms with Gasteiger partial charge < -0.3 is 9.84 Å². The summed E-state index contributed by atoms with van der Waals surface area (Å²) in [4.78, 5) is 2.61. The van der Waals surface area contributed by atoms with Crippen molar-refractivity contribution in [3.05, 3.63) is 65.7 Å². The fourth-order valence-electron chi connectivity index (χ4n) is 5.94. The Labute approximate surface area is 168 Å². The van der Waals surface area contributed by atoms with E-state index in [2.05, 4.69) is 53.4 Å². The number of likely N-dealkylation sites (tertiary alicyclic amines) is 1. The van der Waals surface area contributed by atoms with E-state index in [-0.39, 0.29) is 11.5 Å². The zero-order valence-corrected chi connectivity index (χ0v) is 16.8. The topological polar surface area (TPSA) is 32.7 Å². The predicted octanol–water partition coefficient (Wildman–Crippen LogP) is 4.36. The summed E-state index contributed by atoms with van der Waals surface area (Å²) in [6.07, 6.45) is 5.46. The van der Waals surface area contributed by atoms with E-state index in [9.17, 15) is 5.11 Å². The third-order valence-electron chi connectivity index (χ3n) is 7.63. The number of ether oxygens (including phenoxy) is 1. The first-order chi connectivity index (χ1) is 13.7. The smallest absolute Gasteiger partial charge is 0.119 e. The molecule has 0 aromatic heterocycles. The minimum absolute atomic E-state index is 0.101. The summed E-state index contributed by atoms with van der Waals surface area (Å²) >= 11 is 0. The van der Waals surface area contributed by atoms with Crippen LogP contribution in [0.1, 0.15) is 49.1 Å². The number of benzene rings is 2. The van der Waals surface area contributed by atoms with Gasteiger partial charge >= 0.3 is 0 Å². The molecule has 3 heteroatoms. The Kier molecular flexibility index (Phi) is 4.68. The van der Waals surface area contributed by atoms with Gasteiger partial charge in [-0.1, -0.05) is 48.9 Å². The molecule has 1 heterocycles. The second-order valence-corrected chi connectivity index (χ2v) is 9.05. The Morgan fingerprint density at radius 3 is 2.79 bits per heavy atom. The van der Waals surface area contributed by atoms with Crippen molar-refractivity contribution in [2.24, 2.45) is 5.92 Å². The van der Waals surface area contributed by atoms with Gasteiger partial charge in [0, 0.05) is 18.0 Å². The maximum atomic E-state index is 11.5. The van der Waals surface area contributed by atoms with Crippen molar-refractivity contribution in [1.29, 1.82) is 0 Å². The molecule has 2 saturated carbocycles. The molecular formula is C25H31NO2. The Balaban J connectivity index is 1.32. The van der Waals surface area contributed by atoms with Gasteiger partial charge in [0.1, 0.15) is 5.75 Å². The minimum Gasteiger partial charge on any atom is -0.497 e. The molecule has 1 aliphatic heterocycles. The largest absolute Gasteiger partial charge is 0.497 e. The van der Waals surface area contributed by atoms with Crippen LogP contribution in [0.2, 0.25) is 0 Å². The Hall–Kier alpha value is -1.84. The van der Waals surface area contributed by atoms with Gasteiger partial charge in [0.25, 0.3) is 0 Å². The zero-order chi connectivity index (χ0) is 19.1. The van der Waals surface area contributed by atoms with Gasteiger partial charge in [-0.05, 0) is 67.3 Å². The third kappa shape index (κ3) is 3.05. The van der Waals surface area contributed by atoms with Crippen LogP contribution < -0.4 is 4.74 Å². The molecule has 0 spiro atoms. The number of hydrogen-bond donors (Lipinski definition) is 1. The highest BCUT2D eigenvalue weighted by atomic mass is 16.5. The van der Waals surface area contributed by atoms with E-state index >= 15 is 0 Å². The van der Waals surface area contributed by atoms with Crippen molar-refractivity contribution in [2.45, 2.75) is 55.6 Å². The number of aliphatic hydroxyl groups is 1. The van der Waals surface area contributed by atoms with Crippen molar-refractivity contribution >= 4 is 0 Å². The molecule has 2 aromatic rings. The van der Waals surface area contributed by atoms with Gasteiger partial charge in [0.05, 0.1) is 13.2 Å². The number of methoxy groups -OCH3 is 1. The minimum atomic E-state index is -0.281. The van der Waals surface area contributed by atoms with E-state index in [1.165, 1.54) is 24.0 Å². The lowest BCUT2D eigenvalue weighted by Gasteiger charge is -2.54. The van der Waals surface area contributed by atoms with E-state index < -0.39 is 0 Å². The molecule has 28 heavy (non-hydrogen) atoms. The van der Waals surface area contributed by atoms with Gasteiger partial charge in [0.15, 0.2) is 0 Å². The summed E-state index contributed by atoms with van der Waals surface area (Å²) in [6.45, 7) is 2.23. The van der Waals surface area contributed by atoms with Crippen molar-refractivity contribution in [3.8, 4) is 5.75 Å². The van der Waals surface area contributed by atoms with Crippen molar-refractivity contribution in [1.82, 2.24) is 4.90 Å². The molecular weight excluding hydrogens is 346 g/mol. The first kappa shape index (κ1) is 18.2. The molecule has 0 unspecified atom stereocenters. The monoisotopic (exact) mass is 377 g/mol. The molecule has 1 N–H and O–H groups in total. The van der Waals surface area contributed by atoms with Gasteiger partial charge in [-0.3, -0.25) is 4.90 Å². The van der Waals surface area contributed by atoms with Gasteiger partial charge in [-0.15, -0.1) is 0 Å². The standard InChI is InChI=1S/C25H31NO2/c1-28-21-10-5-9-20(16-21)25-12-6-11-23(24(25)27)26(14-13-25)17-19-15-22(19)18-7-3-2-4-8-18/h2-5,7-10,16,19,22-24,27H,6,11-15,17H2,1H3/t19-,22-,23+,24-,25-/m0/s1. The molecule has 1 saturated heterocycles. The van der Waals surface area contributed by atoms with Crippen LogP contribution >= 0.6 is 0 Å². The molecule has 0 radical (unpaired) electrons. The maximum Gasteiger partial charge on any atom is 0.119 e. The quantitative estimate of drug-likeness (QED) is 0.841. The SMILES string of the molecule is COc1cccc([C@@]23CCC[C@H]([C@@H]2O)N(C[C@@H]2C[C@H]2c2ccccc2)CC3)c1. The van der Waals surface area contributed by atoms with Crippen LogP contribution in [0.3, 0.4) is 0 Å². The second kappa shape index (κ2) is 7.20. The molecule has 3 fully saturated rings. The van der Waals surface area contributed by atoms with E-state index in [4.69, 9.17) is 4.74 Å². The number of rotatable bonds is 5. The lowest BCUT2D eigenvalue weighted by atomic mass is 9.61. The molecule has 2 bridgehead atoms. The number of aliphatic hydroxyl groups excluding tert-OH is 1. The normalized spacial score (nSPS) is 34.8. The van der Waals surface area contributed by atoms with Crippen LogP contribution in [0.25, 0.3) is 0 Å². The molecule has 5 rings (SSSR count). The molecule has 2 aliphatic carbocycles. The van der Waals surface area contributed by atoms with Crippen LogP contribution in [0.5, 0.6) is 5.75 Å². The number of piperidine rings is 1. The van der Waals surface area contributed by atoms with Crippen molar-refractivity contribution < 1.29 is 9.84 Å². The van der Waals surface area contributed by atoms with Crippen molar-refractivity contribution in [3.63, 3.8) is 0 Å². The summed E-state index contributed by atoms with van der Waals surface area (Å²) in [5.74, 6) is 2.36. The van der Waals surface area contributed by atoms with E-state index in [0.29, 0.717) is 12.0 Å². The van der Waals surface area contributed by atoms with Crippen molar-refractivity contribution in [2.75, 3.05) is 20.2 Å². The Bertz CT molecular complexity index is 822. The molecule has 3 aliphatic rings. The fraction of sp³-hybridized carbons (Fsp3) is 0.520. The van der Waals surface area contributed by atoms with Crippen LogP contribution in [0.4, 0.5) is 0 Å². The highest BCUT2D eigenvalue weighted by molar-refractivity contribution is 5.37. The summed E-state index contributed by atoms with van der Waals surface area (Å²) in [7, 11) is 1.72. The number of nitrogens with zero attached hydrogens (tertiary/aromatic N) is 1. The molecule has 2 aromatic carbocycles. The summed E-state index contributed by atoms with van der Waals surface area (Å²) in [5, 5.41) is 11.5. The van der Waals surface area contributed by atoms with E-state index in [0.717, 1.165) is 44.0 Å². The van der Waals surface area contributed by atoms with Crippen LogP contribution in [0, 0.1) is 5.92 Å². The van der Waals surface area contributed by atoms with Crippen LogP contribution in [-0.2, 0) is 5.41 Å². The van der Waals surface area contributed by atoms with E-state index in [1.54, 1.807) is 7.11 Å². The highest BCUT2D eigenvalue weighted by Crippen LogP contribution is 2.51. The molecule has 3 nitrogen and oxygen atoms in total. The number of fused-ring (bicyclic) bond motifs is 2. The van der Waals surface area contributed by atoms with Gasteiger partial charge in [-0.2, -0.15) is 0 Å². The third-order valence-corrected chi connectivity index (χ3v) is 7.63. The maximum absolute atomic E-state index is 11.5. The summed E-state index contributed by atoms with van der Waals surface area (Å²) in [5.41, 5.74) is 2.65. The van der Waals surface area contributed by atoms with Gasteiger partial charge in [-0.25, -0.2) is 0 Å². The first-order valence-corrected chi connectivity index (χ1v) is 10.8. The fourth-order valence-corrected chi connectivity index (χ4v) is 5.94. The lowest BCUT2D eigenvalue weighted by Crippen LogP contribution is -2.62. The van der Waals surface area contributed by atoms with Gasteiger partial charge in [0.2, 0.25) is 0 Å². The zero-order valence-electron chi connectivity index (χ0n) is 16.8. The Morgan fingerprint density at radius 1 is 1.11 bits per heavy atom. The highest BCUT2D eigenvalue weighted by Gasteiger charge is 2.52. The average molecular weight is 378 g/mol. The Morgan fingerprint density at radius 2 is 1.96 bits per heavy atom. The summed E-state index contributed by atoms with van der Waals surface area (Å²) < 4.78 is 5.46. The second-order valence-electron chi connectivity index (χ2n) is 9.05. The van der Waals surface area contributed by atoms with Crippen LogP contribution in [-0.4, -0.2) is 42.4 Å². The summed E-state index contributed by atoms with van der Waals surface area (Å²) in [6, 6.07) is 19.6. The average Bonchev–Trinajstić information content (AvgIpc) is 3.50. The predicted molar refractivity (Wildman–Crippen MR) is 112 cm³/mol. The van der Waals surface area contributed by atoms with E-state index in [1.807, 2.05) is 6.07 Å². The lowest BCUT2D eigenvalue weighted by molar-refractivity contribution is -0.0779. The molecule has 0 amide bonds.